The van der Waals surface area contributed by atoms with Crippen LogP contribution in [0.2, 0.25) is 5.02 Å². The number of carbonyl (C=O) groups is 3. The van der Waals surface area contributed by atoms with E-state index in [1.165, 1.54) is 31.2 Å². The van der Waals surface area contributed by atoms with E-state index in [0.29, 0.717) is 38.7 Å². The summed E-state index contributed by atoms with van der Waals surface area (Å²) in [5.74, 6) is -2.24. The van der Waals surface area contributed by atoms with Crippen LogP contribution in [-0.4, -0.2) is 34.8 Å². The van der Waals surface area contributed by atoms with Crippen LogP contribution in [0.5, 0.6) is 5.75 Å². The summed E-state index contributed by atoms with van der Waals surface area (Å²) in [7, 11) is 1.45. The summed E-state index contributed by atoms with van der Waals surface area (Å²) in [6.07, 6.45) is 3.07. The largest absolute Gasteiger partial charge is 0.503 e. The zero-order valence-corrected chi connectivity index (χ0v) is 20.4. The summed E-state index contributed by atoms with van der Waals surface area (Å²) in [5.41, 5.74) is 1.43. The van der Waals surface area contributed by atoms with Crippen molar-refractivity contribution in [3.8, 4) is 5.75 Å². The number of fused-ring (bicyclic) bond motifs is 1. The van der Waals surface area contributed by atoms with Crippen molar-refractivity contribution in [1.29, 1.82) is 0 Å². The quantitative estimate of drug-likeness (QED) is 0.336. The fourth-order valence-electron chi connectivity index (χ4n) is 4.38. The van der Waals surface area contributed by atoms with Gasteiger partial charge in [0, 0.05) is 47.2 Å². The molecular formula is C27H20ClN3O6. The number of aromatic nitrogens is 1. The van der Waals surface area contributed by atoms with Crippen molar-refractivity contribution < 1.29 is 28.6 Å². The molecule has 2 N–H and O–H groups in total. The zero-order valence-electron chi connectivity index (χ0n) is 19.7. The van der Waals surface area contributed by atoms with Gasteiger partial charge in [-0.3, -0.25) is 24.3 Å². The molecule has 0 bridgehead atoms. The highest BCUT2D eigenvalue weighted by molar-refractivity contribution is 6.31. The van der Waals surface area contributed by atoms with Gasteiger partial charge < -0.3 is 19.6 Å². The molecule has 4 aromatic rings. The van der Waals surface area contributed by atoms with E-state index in [4.69, 9.17) is 20.8 Å². The summed E-state index contributed by atoms with van der Waals surface area (Å²) in [6, 6.07) is 13.5. The molecule has 2 aromatic carbocycles. The maximum Gasteiger partial charge on any atom is 0.294 e. The first-order valence-corrected chi connectivity index (χ1v) is 11.5. The van der Waals surface area contributed by atoms with E-state index in [9.17, 15) is 19.5 Å². The SMILES string of the molecule is COc1cc(Cl)cc2cc(C(=O)C3=C(O)C(=O)N(c4cccc(NC(C)=O)c4)C3c3cccnc3)oc12. The van der Waals surface area contributed by atoms with Crippen molar-refractivity contribution in [1.82, 2.24) is 4.98 Å². The Kier molecular flexibility index (Phi) is 6.14. The van der Waals surface area contributed by atoms with Crippen LogP contribution in [-0.2, 0) is 9.59 Å². The lowest BCUT2D eigenvalue weighted by Gasteiger charge is -2.26. The Morgan fingerprint density at radius 2 is 1.97 bits per heavy atom. The van der Waals surface area contributed by atoms with Gasteiger partial charge in [-0.15, -0.1) is 0 Å². The minimum Gasteiger partial charge on any atom is -0.503 e. The topological polar surface area (TPSA) is 122 Å². The van der Waals surface area contributed by atoms with Crippen LogP contribution in [0.4, 0.5) is 11.4 Å². The third kappa shape index (κ3) is 4.30. The second-order valence-electron chi connectivity index (χ2n) is 8.32. The molecule has 2 amide bonds. The smallest absolute Gasteiger partial charge is 0.294 e. The number of halogens is 1. The molecule has 3 heterocycles. The summed E-state index contributed by atoms with van der Waals surface area (Å²) >= 11 is 6.15. The number of benzene rings is 2. The minimum absolute atomic E-state index is 0.104. The van der Waals surface area contributed by atoms with Crippen molar-refractivity contribution in [2.24, 2.45) is 0 Å². The molecule has 1 aliphatic rings. The van der Waals surface area contributed by atoms with Crippen molar-refractivity contribution >= 4 is 51.5 Å². The Bertz CT molecular complexity index is 1590. The molecule has 0 fully saturated rings. The van der Waals surface area contributed by atoms with Gasteiger partial charge in [-0.05, 0) is 42.0 Å². The Labute approximate surface area is 215 Å². The van der Waals surface area contributed by atoms with E-state index in [-0.39, 0.29) is 17.2 Å². The number of aliphatic hydroxyl groups is 1. The molecule has 0 saturated carbocycles. The van der Waals surface area contributed by atoms with Crippen LogP contribution in [0.15, 0.2) is 82.7 Å². The van der Waals surface area contributed by atoms with E-state index < -0.39 is 23.5 Å². The van der Waals surface area contributed by atoms with E-state index >= 15 is 0 Å². The van der Waals surface area contributed by atoms with Crippen LogP contribution in [0.1, 0.15) is 29.1 Å². The first-order valence-electron chi connectivity index (χ1n) is 11.1. The molecule has 10 heteroatoms. The van der Waals surface area contributed by atoms with Gasteiger partial charge in [0.15, 0.2) is 22.9 Å². The van der Waals surface area contributed by atoms with Crippen LogP contribution < -0.4 is 15.0 Å². The maximum atomic E-state index is 13.8. The Hall–Kier alpha value is -4.63. The van der Waals surface area contributed by atoms with Crippen LogP contribution in [0.3, 0.4) is 0 Å². The monoisotopic (exact) mass is 517 g/mol. The number of hydrogen-bond donors (Lipinski definition) is 2. The number of furan rings is 1. The molecule has 0 aliphatic carbocycles. The Morgan fingerprint density at radius 1 is 1.16 bits per heavy atom. The van der Waals surface area contributed by atoms with E-state index in [0.717, 1.165) is 0 Å². The van der Waals surface area contributed by atoms with E-state index in [1.54, 1.807) is 54.7 Å². The number of anilines is 2. The molecular weight excluding hydrogens is 498 g/mol. The second-order valence-corrected chi connectivity index (χ2v) is 8.76. The normalized spacial score (nSPS) is 15.4. The molecule has 0 saturated heterocycles. The van der Waals surface area contributed by atoms with Crippen LogP contribution in [0.25, 0.3) is 11.0 Å². The number of pyridine rings is 1. The number of hydrogen-bond acceptors (Lipinski definition) is 7. The second kappa shape index (κ2) is 9.44. The predicted octanol–water partition coefficient (Wildman–Crippen LogP) is 5.23. The molecule has 1 atom stereocenters. The third-order valence-electron chi connectivity index (χ3n) is 5.89. The van der Waals surface area contributed by atoms with Gasteiger partial charge in [0.1, 0.15) is 0 Å². The van der Waals surface area contributed by atoms with Gasteiger partial charge in [0.25, 0.3) is 5.91 Å². The van der Waals surface area contributed by atoms with Crippen molar-refractivity contribution in [3.63, 3.8) is 0 Å². The first kappa shape index (κ1) is 24.1. The molecule has 5 rings (SSSR count). The van der Waals surface area contributed by atoms with Crippen molar-refractivity contribution in [2.45, 2.75) is 13.0 Å². The number of ketones is 1. The fourth-order valence-corrected chi connectivity index (χ4v) is 4.59. The third-order valence-corrected chi connectivity index (χ3v) is 6.11. The fraction of sp³-hybridized carbons (Fsp3) is 0.111. The van der Waals surface area contributed by atoms with Crippen LogP contribution >= 0.6 is 11.6 Å². The summed E-state index contributed by atoms with van der Waals surface area (Å²) < 4.78 is 11.1. The molecule has 186 valence electrons. The number of nitrogens with zero attached hydrogens (tertiary/aromatic N) is 2. The molecule has 1 unspecified atom stereocenters. The lowest BCUT2D eigenvalue weighted by Crippen LogP contribution is -2.31. The van der Waals surface area contributed by atoms with Gasteiger partial charge in [-0.1, -0.05) is 23.7 Å². The number of Topliss-reactive ketones (excluding diaryl/α,β-unsaturated/α-hetero) is 1. The lowest BCUT2D eigenvalue weighted by atomic mass is 9.96. The average molecular weight is 518 g/mol. The first-order chi connectivity index (χ1) is 17.8. The Balaban J connectivity index is 1.64. The standard InChI is InChI=1S/C27H20ClN3O6/c1-14(32)30-18-6-3-7-19(12-18)31-23(15-5-4-8-29-13-15)22(25(34)27(31)35)24(33)20-10-16-9-17(28)11-21(36-2)26(16)37-20/h3-13,23,34H,1-2H3,(H,30,32). The zero-order chi connectivity index (χ0) is 26.3. The maximum absolute atomic E-state index is 13.8. The van der Waals surface area contributed by atoms with Gasteiger partial charge in [-0.2, -0.15) is 0 Å². The number of ether oxygens (including phenoxy) is 1. The summed E-state index contributed by atoms with van der Waals surface area (Å²) in [4.78, 5) is 44.1. The van der Waals surface area contributed by atoms with Crippen molar-refractivity contribution in [3.05, 3.63) is 94.7 Å². The molecule has 0 radical (unpaired) electrons. The van der Waals surface area contributed by atoms with Gasteiger partial charge in [0.2, 0.25) is 11.7 Å². The number of rotatable bonds is 6. The number of aliphatic hydroxyl groups excluding tert-OH is 1. The van der Waals surface area contributed by atoms with Crippen LogP contribution in [0, 0.1) is 0 Å². The molecule has 0 spiro atoms. The van der Waals surface area contributed by atoms with E-state index in [1.807, 2.05) is 0 Å². The summed E-state index contributed by atoms with van der Waals surface area (Å²) in [5, 5.41) is 14.6. The van der Waals surface area contributed by atoms with E-state index in [2.05, 4.69) is 10.3 Å². The minimum atomic E-state index is -1.01. The number of carbonyl (C=O) groups excluding carboxylic acids is 3. The number of nitrogens with one attached hydrogen (secondary N) is 1. The predicted molar refractivity (Wildman–Crippen MR) is 137 cm³/mol. The Morgan fingerprint density at radius 3 is 2.68 bits per heavy atom. The average Bonchev–Trinajstić information content (AvgIpc) is 3.42. The number of methoxy groups -OCH3 is 1. The van der Waals surface area contributed by atoms with Gasteiger partial charge in [0.05, 0.1) is 18.7 Å². The number of amides is 2. The lowest BCUT2D eigenvalue weighted by molar-refractivity contribution is -0.117. The highest BCUT2D eigenvalue weighted by Crippen LogP contribution is 2.43. The molecule has 2 aromatic heterocycles. The highest BCUT2D eigenvalue weighted by atomic mass is 35.5. The highest BCUT2D eigenvalue weighted by Gasteiger charge is 2.45. The molecule has 37 heavy (non-hydrogen) atoms. The van der Waals surface area contributed by atoms with Crippen molar-refractivity contribution in [2.75, 3.05) is 17.3 Å². The molecule has 1 aliphatic heterocycles. The molecule has 9 nitrogen and oxygen atoms in total. The van der Waals surface area contributed by atoms with Gasteiger partial charge in [-0.25, -0.2) is 0 Å². The summed E-state index contributed by atoms with van der Waals surface area (Å²) in [6.45, 7) is 1.37. The van der Waals surface area contributed by atoms with Gasteiger partial charge >= 0.3 is 0 Å².